The fourth-order valence-electron chi connectivity index (χ4n) is 2.16. The number of nitrogens with one attached hydrogen (secondary N) is 2. The number of hydrogen-bond acceptors (Lipinski definition) is 2. The fourth-order valence-corrected chi connectivity index (χ4v) is 2.52. The van der Waals surface area contributed by atoms with E-state index in [1.807, 2.05) is 18.2 Å². The Morgan fingerprint density at radius 3 is 2.74 bits per heavy atom. The maximum atomic E-state index is 12.7. The number of H-pyrrole nitrogens is 1. The van der Waals surface area contributed by atoms with Gasteiger partial charge in [-0.2, -0.15) is 18.3 Å². The zero-order chi connectivity index (χ0) is 16.4. The summed E-state index contributed by atoms with van der Waals surface area (Å²) in [7, 11) is 0. The highest BCUT2D eigenvalue weighted by Crippen LogP contribution is 2.30. The lowest BCUT2D eigenvalue weighted by atomic mass is 10.2. The smallest absolute Gasteiger partial charge is 0.361 e. The summed E-state index contributed by atoms with van der Waals surface area (Å²) in [6, 6.07) is 10.7. The average molecular weight is 382 g/mol. The molecule has 0 spiro atoms. The molecule has 23 heavy (non-hydrogen) atoms. The van der Waals surface area contributed by atoms with Crippen LogP contribution in [0.15, 0.2) is 58.2 Å². The molecule has 118 valence electrons. The lowest BCUT2D eigenvalue weighted by Gasteiger charge is -2.07. The lowest BCUT2D eigenvalue weighted by molar-refractivity contribution is -0.137. The van der Waals surface area contributed by atoms with Crippen molar-refractivity contribution in [3.63, 3.8) is 0 Å². The normalized spacial score (nSPS) is 12.2. The van der Waals surface area contributed by atoms with Crippen LogP contribution in [0.1, 0.15) is 11.1 Å². The third-order valence-electron chi connectivity index (χ3n) is 3.26. The van der Waals surface area contributed by atoms with Gasteiger partial charge in [0.15, 0.2) is 0 Å². The molecule has 0 unspecified atom stereocenters. The summed E-state index contributed by atoms with van der Waals surface area (Å²) in [5, 5.41) is 4.98. The Morgan fingerprint density at radius 2 is 1.96 bits per heavy atom. The molecule has 7 heteroatoms. The van der Waals surface area contributed by atoms with Crippen LogP contribution in [0.4, 0.5) is 18.9 Å². The molecule has 3 aromatic rings. The van der Waals surface area contributed by atoms with Crippen molar-refractivity contribution in [1.82, 2.24) is 4.98 Å². The SMILES string of the molecule is FC(F)(F)c1cccc(N/N=C\c2c[nH]c3ccc(Br)cc23)c1. The van der Waals surface area contributed by atoms with E-state index in [0.717, 1.165) is 33.1 Å². The number of fused-ring (bicyclic) bond motifs is 1. The van der Waals surface area contributed by atoms with Crippen molar-refractivity contribution in [3.05, 3.63) is 64.3 Å². The van der Waals surface area contributed by atoms with Gasteiger partial charge in [0.1, 0.15) is 0 Å². The van der Waals surface area contributed by atoms with Crippen molar-refractivity contribution in [1.29, 1.82) is 0 Å². The van der Waals surface area contributed by atoms with Gasteiger partial charge in [0.2, 0.25) is 0 Å². The summed E-state index contributed by atoms with van der Waals surface area (Å²) in [5.41, 5.74) is 3.97. The Kier molecular flexibility index (Phi) is 4.12. The second kappa shape index (κ2) is 6.08. The van der Waals surface area contributed by atoms with Gasteiger partial charge in [0, 0.05) is 27.1 Å². The summed E-state index contributed by atoms with van der Waals surface area (Å²) in [5.74, 6) is 0. The largest absolute Gasteiger partial charge is 0.416 e. The molecule has 2 aromatic carbocycles. The quantitative estimate of drug-likeness (QED) is 0.463. The maximum absolute atomic E-state index is 12.7. The first kappa shape index (κ1) is 15.6. The molecule has 0 bridgehead atoms. The molecule has 0 atom stereocenters. The van der Waals surface area contributed by atoms with Gasteiger partial charge in [0.25, 0.3) is 0 Å². The zero-order valence-corrected chi connectivity index (χ0v) is 13.2. The van der Waals surface area contributed by atoms with Crippen LogP contribution in [0.3, 0.4) is 0 Å². The number of aromatic amines is 1. The molecule has 0 saturated carbocycles. The number of aromatic nitrogens is 1. The Hall–Kier alpha value is -2.28. The van der Waals surface area contributed by atoms with Crippen LogP contribution in [0.5, 0.6) is 0 Å². The van der Waals surface area contributed by atoms with E-state index in [4.69, 9.17) is 0 Å². The number of hydrazone groups is 1. The molecule has 1 heterocycles. The second-order valence-corrected chi connectivity index (χ2v) is 5.80. The number of halogens is 4. The number of hydrogen-bond donors (Lipinski definition) is 2. The molecular formula is C16H11BrF3N3. The Morgan fingerprint density at radius 1 is 1.13 bits per heavy atom. The van der Waals surface area contributed by atoms with Crippen molar-refractivity contribution in [2.24, 2.45) is 5.10 Å². The third kappa shape index (κ3) is 3.56. The Labute approximate surface area is 138 Å². The predicted octanol–water partition coefficient (Wildman–Crippen LogP) is 5.40. The molecular weight excluding hydrogens is 371 g/mol. The molecule has 0 amide bonds. The van der Waals surface area contributed by atoms with Crippen LogP contribution in [0.25, 0.3) is 10.9 Å². The molecule has 1 aromatic heterocycles. The van der Waals surface area contributed by atoms with Crippen molar-refractivity contribution in [3.8, 4) is 0 Å². The highest BCUT2D eigenvalue weighted by molar-refractivity contribution is 9.10. The number of anilines is 1. The van der Waals surface area contributed by atoms with Gasteiger partial charge in [-0.25, -0.2) is 0 Å². The summed E-state index contributed by atoms with van der Waals surface area (Å²) >= 11 is 3.40. The average Bonchev–Trinajstić information content (AvgIpc) is 2.89. The topological polar surface area (TPSA) is 40.2 Å². The van der Waals surface area contributed by atoms with E-state index in [2.05, 4.69) is 31.4 Å². The molecule has 0 aliphatic carbocycles. The minimum Gasteiger partial charge on any atom is -0.361 e. The van der Waals surface area contributed by atoms with Crippen molar-refractivity contribution >= 4 is 38.7 Å². The molecule has 0 aliphatic rings. The van der Waals surface area contributed by atoms with E-state index < -0.39 is 11.7 Å². The van der Waals surface area contributed by atoms with E-state index in [9.17, 15) is 13.2 Å². The summed E-state index contributed by atoms with van der Waals surface area (Å²) in [4.78, 5) is 3.10. The van der Waals surface area contributed by atoms with Gasteiger partial charge >= 0.3 is 6.18 Å². The molecule has 0 saturated heterocycles. The summed E-state index contributed by atoms with van der Waals surface area (Å²) < 4.78 is 38.9. The van der Waals surface area contributed by atoms with Crippen LogP contribution in [0.2, 0.25) is 0 Å². The molecule has 2 N–H and O–H groups in total. The number of nitrogens with zero attached hydrogens (tertiary/aromatic N) is 1. The van der Waals surface area contributed by atoms with Crippen LogP contribution in [-0.2, 0) is 6.18 Å². The first-order valence-corrected chi connectivity index (χ1v) is 7.46. The summed E-state index contributed by atoms with van der Waals surface area (Å²) in [6.45, 7) is 0. The lowest BCUT2D eigenvalue weighted by Crippen LogP contribution is -2.05. The van der Waals surface area contributed by atoms with Gasteiger partial charge in [-0.05, 0) is 36.4 Å². The van der Waals surface area contributed by atoms with Gasteiger partial charge in [-0.3, -0.25) is 5.43 Å². The van der Waals surface area contributed by atoms with Crippen molar-refractivity contribution in [2.75, 3.05) is 5.43 Å². The molecule has 3 rings (SSSR count). The van der Waals surface area contributed by atoms with E-state index >= 15 is 0 Å². The highest BCUT2D eigenvalue weighted by atomic mass is 79.9. The Bertz CT molecular complexity index is 868. The van der Waals surface area contributed by atoms with Crippen LogP contribution in [-0.4, -0.2) is 11.2 Å². The molecule has 0 radical (unpaired) electrons. The minimum atomic E-state index is -4.37. The van der Waals surface area contributed by atoms with E-state index in [1.54, 1.807) is 12.4 Å². The summed E-state index contributed by atoms with van der Waals surface area (Å²) in [6.07, 6.45) is -1.02. The monoisotopic (exact) mass is 381 g/mol. The Balaban J connectivity index is 1.80. The van der Waals surface area contributed by atoms with E-state index in [1.165, 1.54) is 12.1 Å². The zero-order valence-electron chi connectivity index (χ0n) is 11.7. The van der Waals surface area contributed by atoms with Gasteiger partial charge in [-0.1, -0.05) is 22.0 Å². The number of alkyl halides is 3. The predicted molar refractivity (Wildman–Crippen MR) is 88.7 cm³/mol. The second-order valence-electron chi connectivity index (χ2n) is 4.88. The van der Waals surface area contributed by atoms with Gasteiger partial charge < -0.3 is 4.98 Å². The minimum absolute atomic E-state index is 0.275. The highest BCUT2D eigenvalue weighted by Gasteiger charge is 2.30. The van der Waals surface area contributed by atoms with Gasteiger partial charge in [-0.15, -0.1) is 0 Å². The van der Waals surface area contributed by atoms with Crippen LogP contribution in [0, 0.1) is 0 Å². The number of benzene rings is 2. The van der Waals surface area contributed by atoms with Crippen molar-refractivity contribution in [2.45, 2.75) is 6.18 Å². The number of rotatable bonds is 3. The molecule has 3 nitrogen and oxygen atoms in total. The van der Waals surface area contributed by atoms with E-state index in [0.29, 0.717) is 0 Å². The fraction of sp³-hybridized carbons (Fsp3) is 0.0625. The standard InChI is InChI=1S/C16H11BrF3N3/c17-12-4-5-15-14(7-12)10(8-21-15)9-22-23-13-3-1-2-11(6-13)16(18,19)20/h1-9,21,23H/b22-9-. The molecule has 0 fully saturated rings. The maximum Gasteiger partial charge on any atom is 0.416 e. The first-order valence-electron chi connectivity index (χ1n) is 6.66. The van der Waals surface area contributed by atoms with Crippen LogP contribution >= 0.6 is 15.9 Å². The van der Waals surface area contributed by atoms with Crippen molar-refractivity contribution < 1.29 is 13.2 Å². The van der Waals surface area contributed by atoms with Crippen LogP contribution < -0.4 is 5.43 Å². The molecule has 0 aliphatic heterocycles. The van der Waals surface area contributed by atoms with E-state index in [-0.39, 0.29) is 5.69 Å². The first-order chi connectivity index (χ1) is 10.9. The third-order valence-corrected chi connectivity index (χ3v) is 3.76. The van der Waals surface area contributed by atoms with Gasteiger partial charge in [0.05, 0.1) is 17.5 Å².